The molecule has 0 saturated heterocycles. The first-order valence-corrected chi connectivity index (χ1v) is 12.6. The van der Waals surface area contributed by atoms with Crippen molar-refractivity contribution in [2.75, 3.05) is 18.2 Å². The maximum Gasteiger partial charge on any atom is 0.303 e. The van der Waals surface area contributed by atoms with Crippen LogP contribution < -0.4 is 10.1 Å². The first-order valence-electron chi connectivity index (χ1n) is 10.7. The van der Waals surface area contributed by atoms with E-state index in [4.69, 9.17) is 9.84 Å². The Kier molecular flexibility index (Phi) is 5.89. The van der Waals surface area contributed by atoms with Crippen LogP contribution in [0.2, 0.25) is 0 Å². The third-order valence-corrected chi connectivity index (χ3v) is 7.56. The zero-order valence-electron chi connectivity index (χ0n) is 18.1. The third-order valence-electron chi connectivity index (χ3n) is 6.45. The molecule has 2 N–H and O–H groups in total. The molecular formula is C24H24N2O6S. The number of sulfone groups is 1. The van der Waals surface area contributed by atoms with Crippen molar-refractivity contribution in [3.8, 4) is 11.8 Å². The summed E-state index contributed by atoms with van der Waals surface area (Å²) >= 11 is 0. The summed E-state index contributed by atoms with van der Waals surface area (Å²) in [5, 5.41) is 21.1. The Morgan fingerprint density at radius 1 is 1.27 bits per heavy atom. The lowest BCUT2D eigenvalue weighted by molar-refractivity contribution is -0.137. The number of carbonyl (C=O) groups excluding carboxylic acids is 1. The van der Waals surface area contributed by atoms with Crippen molar-refractivity contribution in [1.29, 1.82) is 5.26 Å². The van der Waals surface area contributed by atoms with E-state index in [0.717, 1.165) is 17.4 Å². The van der Waals surface area contributed by atoms with Crippen LogP contribution in [-0.4, -0.2) is 38.3 Å². The minimum Gasteiger partial charge on any atom is -0.493 e. The Bertz CT molecular complexity index is 1280. The second-order valence-corrected chi connectivity index (χ2v) is 10.7. The predicted octanol–water partition coefficient (Wildman–Crippen LogP) is 3.05. The Morgan fingerprint density at radius 2 is 2.06 bits per heavy atom. The molecule has 1 aliphatic carbocycles. The predicted molar refractivity (Wildman–Crippen MR) is 120 cm³/mol. The monoisotopic (exact) mass is 468 g/mol. The Morgan fingerprint density at radius 3 is 2.76 bits per heavy atom. The maximum absolute atomic E-state index is 13.2. The van der Waals surface area contributed by atoms with Crippen LogP contribution in [0.5, 0.6) is 5.75 Å². The van der Waals surface area contributed by atoms with Gasteiger partial charge in [-0.25, -0.2) is 8.42 Å². The Labute approximate surface area is 192 Å². The van der Waals surface area contributed by atoms with Gasteiger partial charge in [0.15, 0.2) is 9.84 Å². The number of hydrogen-bond donors (Lipinski definition) is 2. The third kappa shape index (κ3) is 4.57. The second kappa shape index (κ2) is 8.52. The van der Waals surface area contributed by atoms with Gasteiger partial charge in [-0.2, -0.15) is 5.26 Å². The normalized spacial score (nSPS) is 20.9. The summed E-state index contributed by atoms with van der Waals surface area (Å²) < 4.78 is 29.8. The number of fused-ring (bicyclic) bond motifs is 2. The Hall–Kier alpha value is -3.38. The van der Waals surface area contributed by atoms with Gasteiger partial charge < -0.3 is 15.2 Å². The molecule has 1 aliphatic heterocycles. The van der Waals surface area contributed by atoms with E-state index in [2.05, 4.69) is 11.4 Å². The summed E-state index contributed by atoms with van der Waals surface area (Å²) in [6.45, 7) is 0.444. The highest BCUT2D eigenvalue weighted by Crippen LogP contribution is 2.61. The van der Waals surface area contributed by atoms with E-state index in [-0.39, 0.29) is 23.1 Å². The van der Waals surface area contributed by atoms with Crippen molar-refractivity contribution in [2.24, 2.45) is 5.92 Å². The number of benzene rings is 2. The molecule has 2 aromatic rings. The number of amides is 1. The lowest BCUT2D eigenvalue weighted by Gasteiger charge is -2.27. The van der Waals surface area contributed by atoms with E-state index in [1.54, 1.807) is 30.3 Å². The van der Waals surface area contributed by atoms with E-state index in [1.807, 2.05) is 0 Å². The molecule has 2 atom stereocenters. The fourth-order valence-electron chi connectivity index (χ4n) is 4.59. The Balaban J connectivity index is 1.58. The second-order valence-electron chi connectivity index (χ2n) is 8.66. The van der Waals surface area contributed by atoms with Gasteiger partial charge in [0, 0.05) is 35.3 Å². The highest BCUT2D eigenvalue weighted by atomic mass is 32.2. The van der Waals surface area contributed by atoms with Crippen LogP contribution in [0.15, 0.2) is 41.3 Å². The molecule has 2 aliphatic rings. The molecule has 1 heterocycles. The average molecular weight is 469 g/mol. The summed E-state index contributed by atoms with van der Waals surface area (Å²) in [6.07, 6.45) is 3.22. The standard InChI is InChI=1S/C24H24N2O6S/c1-33(30,31)17-7-8-21-18(12-17)24(9-10-32-21)13-19(24)23(29)26-20-11-15(14-25)5-6-16(20)3-2-4-22(27)28/h5-8,11-12,19H,2-4,9-10,13H2,1H3,(H,26,29)(H,27,28)/t19-,24-/m0/s1. The van der Waals surface area contributed by atoms with Crippen LogP contribution in [0, 0.1) is 17.2 Å². The number of nitrogens with zero attached hydrogens (tertiary/aromatic N) is 1. The molecule has 8 nitrogen and oxygen atoms in total. The van der Waals surface area contributed by atoms with Gasteiger partial charge in [-0.3, -0.25) is 9.59 Å². The van der Waals surface area contributed by atoms with Gasteiger partial charge >= 0.3 is 5.97 Å². The molecule has 0 bridgehead atoms. The number of carbonyl (C=O) groups is 2. The van der Waals surface area contributed by atoms with Crippen LogP contribution in [0.3, 0.4) is 0 Å². The van der Waals surface area contributed by atoms with Crippen molar-refractivity contribution in [2.45, 2.75) is 42.4 Å². The molecule has 1 saturated carbocycles. The summed E-state index contributed by atoms with van der Waals surface area (Å²) in [6, 6.07) is 11.8. The van der Waals surface area contributed by atoms with E-state index >= 15 is 0 Å². The van der Waals surface area contributed by atoms with Crippen molar-refractivity contribution >= 4 is 27.4 Å². The number of aliphatic carboxylic acids is 1. The lowest BCUT2D eigenvalue weighted by atomic mass is 9.87. The SMILES string of the molecule is CS(=O)(=O)c1ccc2c(c1)[C@]1(CCO2)C[C@H]1C(=O)Nc1cc(C#N)ccc1CCCC(=O)O. The summed E-state index contributed by atoms with van der Waals surface area (Å²) in [5.41, 5.74) is 1.93. The number of anilines is 1. The average Bonchev–Trinajstić information content (AvgIpc) is 3.48. The number of hydrogen-bond acceptors (Lipinski definition) is 6. The van der Waals surface area contributed by atoms with Crippen LogP contribution in [0.4, 0.5) is 5.69 Å². The maximum atomic E-state index is 13.2. The van der Waals surface area contributed by atoms with Gasteiger partial charge in [0.2, 0.25) is 5.91 Å². The van der Waals surface area contributed by atoms with E-state index in [9.17, 15) is 23.3 Å². The van der Waals surface area contributed by atoms with Gasteiger partial charge in [0.25, 0.3) is 0 Å². The first kappa shape index (κ1) is 22.8. The summed E-state index contributed by atoms with van der Waals surface area (Å²) in [4.78, 5) is 24.3. The highest BCUT2D eigenvalue weighted by Gasteiger charge is 2.61. The molecule has 9 heteroatoms. The van der Waals surface area contributed by atoms with Crippen LogP contribution in [-0.2, 0) is 31.3 Å². The van der Waals surface area contributed by atoms with Crippen LogP contribution >= 0.6 is 0 Å². The molecule has 1 amide bonds. The molecule has 4 rings (SSSR count). The van der Waals surface area contributed by atoms with E-state index in [1.165, 1.54) is 6.07 Å². The van der Waals surface area contributed by atoms with Crippen LogP contribution in [0.1, 0.15) is 42.4 Å². The smallest absolute Gasteiger partial charge is 0.303 e. The number of carboxylic acids is 1. The van der Waals surface area contributed by atoms with Crippen molar-refractivity contribution in [1.82, 2.24) is 0 Å². The molecular weight excluding hydrogens is 444 g/mol. The number of nitrogens with one attached hydrogen (secondary N) is 1. The molecule has 0 unspecified atom stereocenters. The number of aryl methyl sites for hydroxylation is 1. The molecule has 0 radical (unpaired) electrons. The van der Waals surface area contributed by atoms with E-state index in [0.29, 0.717) is 49.3 Å². The quantitative estimate of drug-likeness (QED) is 0.638. The lowest BCUT2D eigenvalue weighted by Crippen LogP contribution is -2.27. The zero-order chi connectivity index (χ0) is 23.8. The van der Waals surface area contributed by atoms with Gasteiger partial charge in [-0.1, -0.05) is 6.07 Å². The van der Waals surface area contributed by atoms with Crippen molar-refractivity contribution in [3.63, 3.8) is 0 Å². The molecule has 1 fully saturated rings. The van der Waals surface area contributed by atoms with Crippen LogP contribution in [0.25, 0.3) is 0 Å². The summed E-state index contributed by atoms with van der Waals surface area (Å²) in [7, 11) is -3.40. The van der Waals surface area contributed by atoms with Gasteiger partial charge in [-0.15, -0.1) is 0 Å². The fourth-order valence-corrected chi connectivity index (χ4v) is 5.23. The van der Waals surface area contributed by atoms with Gasteiger partial charge in [0.05, 0.1) is 23.1 Å². The highest BCUT2D eigenvalue weighted by molar-refractivity contribution is 7.90. The molecule has 2 aromatic carbocycles. The topological polar surface area (TPSA) is 134 Å². The van der Waals surface area contributed by atoms with Gasteiger partial charge in [-0.05, 0) is 61.6 Å². The largest absolute Gasteiger partial charge is 0.493 e. The number of nitriles is 1. The minimum absolute atomic E-state index is 0.0125. The van der Waals surface area contributed by atoms with Gasteiger partial charge in [0.1, 0.15) is 5.75 Å². The van der Waals surface area contributed by atoms with Crippen molar-refractivity contribution < 1.29 is 27.9 Å². The first-order chi connectivity index (χ1) is 15.6. The molecule has 0 aromatic heterocycles. The number of carboxylic acid groups (broad SMARTS) is 1. The fraction of sp³-hybridized carbons (Fsp3) is 0.375. The number of rotatable bonds is 7. The molecule has 33 heavy (non-hydrogen) atoms. The van der Waals surface area contributed by atoms with E-state index < -0.39 is 21.2 Å². The zero-order valence-corrected chi connectivity index (χ0v) is 18.9. The minimum atomic E-state index is -3.40. The molecule has 1 spiro atoms. The number of ether oxygens (including phenoxy) is 1. The summed E-state index contributed by atoms with van der Waals surface area (Å²) in [5.74, 6) is -0.847. The molecule has 172 valence electrons. The van der Waals surface area contributed by atoms with Crippen molar-refractivity contribution in [3.05, 3.63) is 53.1 Å².